The molecule has 2 rings (SSSR count). The van der Waals surface area contributed by atoms with Crippen molar-refractivity contribution in [3.63, 3.8) is 0 Å². The molecule has 0 saturated carbocycles. The van der Waals surface area contributed by atoms with Crippen LogP contribution in [0.1, 0.15) is 56.2 Å². The topological polar surface area (TPSA) is 40.5 Å². The molecule has 0 radical (unpaired) electrons. The maximum Gasteiger partial charge on any atom is 0.320 e. The first-order valence-electron chi connectivity index (χ1n) is 7.68. The first-order valence-corrected chi connectivity index (χ1v) is 7.68. The summed E-state index contributed by atoms with van der Waals surface area (Å²) in [6.07, 6.45) is 5.11. The van der Waals surface area contributed by atoms with E-state index in [1.165, 1.54) is 11.1 Å². The molecule has 1 fully saturated rings. The second kappa shape index (κ2) is 6.89. The Hall–Kier alpha value is -1.35. The molecule has 1 saturated heterocycles. The largest absolute Gasteiger partial charge is 0.480 e. The van der Waals surface area contributed by atoms with Gasteiger partial charge in [0.15, 0.2) is 0 Å². The van der Waals surface area contributed by atoms with Crippen LogP contribution in [0.4, 0.5) is 0 Å². The zero-order valence-electron chi connectivity index (χ0n) is 12.5. The summed E-state index contributed by atoms with van der Waals surface area (Å²) in [4.78, 5) is 13.6. The second-order valence-electron chi connectivity index (χ2n) is 5.81. The number of carboxylic acid groups (broad SMARTS) is 1. The van der Waals surface area contributed by atoms with Crippen LogP contribution in [0.25, 0.3) is 0 Å². The highest BCUT2D eigenvalue weighted by Crippen LogP contribution is 2.33. The fourth-order valence-electron chi connectivity index (χ4n) is 3.23. The number of aliphatic carboxylic acids is 1. The molecule has 20 heavy (non-hydrogen) atoms. The fraction of sp³-hybridized carbons (Fsp3) is 0.588. The van der Waals surface area contributed by atoms with Gasteiger partial charge >= 0.3 is 5.97 Å². The zero-order chi connectivity index (χ0) is 14.5. The average Bonchev–Trinajstić information content (AvgIpc) is 2.89. The Morgan fingerprint density at radius 1 is 1.50 bits per heavy atom. The lowest BCUT2D eigenvalue weighted by atomic mass is 9.97. The lowest BCUT2D eigenvalue weighted by molar-refractivity contribution is -0.143. The summed E-state index contributed by atoms with van der Waals surface area (Å²) >= 11 is 0. The van der Waals surface area contributed by atoms with E-state index < -0.39 is 5.97 Å². The molecular formula is C17H25NO2. The molecule has 2 atom stereocenters. The third kappa shape index (κ3) is 3.40. The van der Waals surface area contributed by atoms with Gasteiger partial charge in [0.2, 0.25) is 0 Å². The summed E-state index contributed by atoms with van der Waals surface area (Å²) in [6, 6.07) is 8.46. The standard InChI is InChI=1S/C17H25NO2/c1-3-4-9-15(14-8-5-7-13(2)12-14)18-11-6-10-16(18)17(19)20/h5,7-8,12,15-16H,3-4,6,9-11H2,1-2H3,(H,19,20). The van der Waals surface area contributed by atoms with Gasteiger partial charge in [0.25, 0.3) is 0 Å². The van der Waals surface area contributed by atoms with Gasteiger partial charge in [0, 0.05) is 6.04 Å². The van der Waals surface area contributed by atoms with Crippen LogP contribution in [0.15, 0.2) is 24.3 Å². The highest BCUT2D eigenvalue weighted by atomic mass is 16.4. The van der Waals surface area contributed by atoms with E-state index in [1.54, 1.807) is 0 Å². The summed E-state index contributed by atoms with van der Waals surface area (Å²) in [5, 5.41) is 9.42. The fourth-order valence-corrected chi connectivity index (χ4v) is 3.23. The number of unbranched alkanes of at least 4 members (excludes halogenated alkanes) is 1. The van der Waals surface area contributed by atoms with E-state index in [2.05, 4.69) is 43.0 Å². The van der Waals surface area contributed by atoms with Gasteiger partial charge in [-0.2, -0.15) is 0 Å². The summed E-state index contributed by atoms with van der Waals surface area (Å²) < 4.78 is 0. The SMILES string of the molecule is CCCCC(c1cccc(C)c1)N1CCCC1C(=O)O. The number of benzene rings is 1. The highest BCUT2D eigenvalue weighted by molar-refractivity contribution is 5.73. The lowest BCUT2D eigenvalue weighted by Gasteiger charge is -2.31. The minimum absolute atomic E-state index is 0.249. The van der Waals surface area contributed by atoms with Crippen LogP contribution >= 0.6 is 0 Å². The number of rotatable bonds is 6. The van der Waals surface area contributed by atoms with Crippen LogP contribution in [0.2, 0.25) is 0 Å². The minimum atomic E-state index is -0.670. The molecule has 0 spiro atoms. The smallest absolute Gasteiger partial charge is 0.320 e. The maximum absolute atomic E-state index is 11.4. The van der Waals surface area contributed by atoms with E-state index in [0.717, 1.165) is 38.6 Å². The van der Waals surface area contributed by atoms with Crippen LogP contribution in [0.5, 0.6) is 0 Å². The summed E-state index contributed by atoms with van der Waals surface area (Å²) in [7, 11) is 0. The molecule has 1 N–H and O–H groups in total. The van der Waals surface area contributed by atoms with Crippen molar-refractivity contribution in [3.8, 4) is 0 Å². The Morgan fingerprint density at radius 3 is 2.95 bits per heavy atom. The van der Waals surface area contributed by atoms with Crippen LogP contribution in [0.3, 0.4) is 0 Å². The number of nitrogens with zero attached hydrogens (tertiary/aromatic N) is 1. The third-order valence-corrected chi connectivity index (χ3v) is 4.24. The molecule has 1 aliphatic heterocycles. The molecule has 1 aromatic carbocycles. The van der Waals surface area contributed by atoms with Crippen molar-refractivity contribution in [2.75, 3.05) is 6.54 Å². The molecule has 1 heterocycles. The van der Waals surface area contributed by atoms with Gasteiger partial charge in [-0.15, -0.1) is 0 Å². The van der Waals surface area contributed by atoms with Gasteiger partial charge in [-0.3, -0.25) is 9.69 Å². The molecule has 3 nitrogen and oxygen atoms in total. The first-order chi connectivity index (χ1) is 9.63. The van der Waals surface area contributed by atoms with Crippen molar-refractivity contribution in [1.29, 1.82) is 0 Å². The summed E-state index contributed by atoms with van der Waals surface area (Å²) in [6.45, 7) is 5.18. The molecule has 2 unspecified atom stereocenters. The van der Waals surface area contributed by atoms with E-state index in [4.69, 9.17) is 0 Å². The van der Waals surface area contributed by atoms with Gasteiger partial charge in [-0.1, -0.05) is 49.6 Å². The van der Waals surface area contributed by atoms with Gasteiger partial charge < -0.3 is 5.11 Å². The zero-order valence-corrected chi connectivity index (χ0v) is 12.5. The number of hydrogen-bond donors (Lipinski definition) is 1. The van der Waals surface area contributed by atoms with E-state index in [0.29, 0.717) is 0 Å². The molecule has 0 aliphatic carbocycles. The normalized spacial score (nSPS) is 21.0. The van der Waals surface area contributed by atoms with Crippen molar-refractivity contribution in [2.45, 2.75) is 58.0 Å². The van der Waals surface area contributed by atoms with E-state index in [1.807, 2.05) is 0 Å². The maximum atomic E-state index is 11.4. The molecule has 3 heteroatoms. The van der Waals surface area contributed by atoms with Crippen LogP contribution in [-0.4, -0.2) is 28.6 Å². The van der Waals surface area contributed by atoms with Crippen LogP contribution < -0.4 is 0 Å². The second-order valence-corrected chi connectivity index (χ2v) is 5.81. The number of carboxylic acids is 1. The molecule has 0 bridgehead atoms. The Balaban J connectivity index is 2.25. The van der Waals surface area contributed by atoms with Crippen molar-refractivity contribution in [3.05, 3.63) is 35.4 Å². The Labute approximate surface area is 121 Å². The molecule has 0 aromatic heterocycles. The Morgan fingerprint density at radius 2 is 2.30 bits per heavy atom. The summed E-state index contributed by atoms with van der Waals surface area (Å²) in [5.74, 6) is -0.670. The van der Waals surface area contributed by atoms with Crippen molar-refractivity contribution >= 4 is 5.97 Å². The van der Waals surface area contributed by atoms with Gasteiger partial charge in [0.05, 0.1) is 0 Å². The Kier molecular flexibility index (Phi) is 5.18. The van der Waals surface area contributed by atoms with Crippen molar-refractivity contribution < 1.29 is 9.90 Å². The van der Waals surface area contributed by atoms with Gasteiger partial charge in [-0.05, 0) is 38.3 Å². The molecular weight excluding hydrogens is 250 g/mol. The molecule has 0 amide bonds. The number of hydrogen-bond acceptors (Lipinski definition) is 2. The molecule has 110 valence electrons. The van der Waals surface area contributed by atoms with E-state index in [9.17, 15) is 9.90 Å². The number of carbonyl (C=O) groups is 1. The van der Waals surface area contributed by atoms with Gasteiger partial charge in [-0.25, -0.2) is 0 Å². The first kappa shape index (κ1) is 15.0. The van der Waals surface area contributed by atoms with Crippen LogP contribution in [0, 0.1) is 6.92 Å². The monoisotopic (exact) mass is 275 g/mol. The quantitative estimate of drug-likeness (QED) is 0.859. The van der Waals surface area contributed by atoms with Crippen molar-refractivity contribution in [2.24, 2.45) is 0 Å². The Bertz CT molecular complexity index is 458. The highest BCUT2D eigenvalue weighted by Gasteiger charge is 2.35. The van der Waals surface area contributed by atoms with Crippen molar-refractivity contribution in [1.82, 2.24) is 4.90 Å². The molecule has 1 aliphatic rings. The van der Waals surface area contributed by atoms with E-state index in [-0.39, 0.29) is 12.1 Å². The minimum Gasteiger partial charge on any atom is -0.480 e. The third-order valence-electron chi connectivity index (χ3n) is 4.24. The van der Waals surface area contributed by atoms with Gasteiger partial charge in [0.1, 0.15) is 6.04 Å². The predicted octanol–water partition coefficient (Wildman–Crippen LogP) is 3.78. The number of likely N-dealkylation sites (tertiary alicyclic amines) is 1. The van der Waals surface area contributed by atoms with E-state index >= 15 is 0 Å². The molecule has 1 aromatic rings. The predicted molar refractivity (Wildman–Crippen MR) is 80.8 cm³/mol. The summed E-state index contributed by atoms with van der Waals surface area (Å²) in [5.41, 5.74) is 2.52. The average molecular weight is 275 g/mol. The lowest BCUT2D eigenvalue weighted by Crippen LogP contribution is -2.38. The number of aryl methyl sites for hydroxylation is 1. The van der Waals surface area contributed by atoms with Crippen LogP contribution in [-0.2, 0) is 4.79 Å².